The average molecular weight is 307 g/mol. The van der Waals surface area contributed by atoms with Crippen LogP contribution in [0.25, 0.3) is 0 Å². The van der Waals surface area contributed by atoms with E-state index in [1.54, 1.807) is 12.1 Å². The highest BCUT2D eigenvalue weighted by atomic mass is 35.5. The Kier molecular flexibility index (Phi) is 4.36. The second-order valence-corrected chi connectivity index (χ2v) is 4.84. The predicted molar refractivity (Wildman–Crippen MR) is 72.8 cm³/mol. The third-order valence-corrected chi connectivity index (χ3v) is 3.61. The van der Waals surface area contributed by atoms with Crippen LogP contribution in [0.1, 0.15) is 18.5 Å². The van der Waals surface area contributed by atoms with E-state index in [2.05, 4.69) is 26.6 Å². The summed E-state index contributed by atoms with van der Waals surface area (Å²) in [6, 6.07) is 5.17. The summed E-state index contributed by atoms with van der Waals surface area (Å²) in [6.45, 7) is 5.87. The van der Waals surface area contributed by atoms with Gasteiger partial charge in [0.1, 0.15) is 0 Å². The number of piperazine rings is 1. The largest absolute Gasteiger partial charge is 0.586 e. The van der Waals surface area contributed by atoms with Crippen LogP contribution in [0.5, 0.6) is 11.5 Å². The summed E-state index contributed by atoms with van der Waals surface area (Å²) in [5, 5.41) is 3.29. The van der Waals surface area contributed by atoms with Crippen molar-refractivity contribution in [2.75, 3.05) is 26.2 Å². The first-order chi connectivity index (χ1) is 9.05. The van der Waals surface area contributed by atoms with Crippen molar-refractivity contribution in [3.05, 3.63) is 23.8 Å². The average Bonchev–Trinajstić information content (AvgIpc) is 2.71. The van der Waals surface area contributed by atoms with Crippen molar-refractivity contribution < 1.29 is 18.3 Å². The van der Waals surface area contributed by atoms with Gasteiger partial charge in [0, 0.05) is 32.2 Å². The molecule has 0 radical (unpaired) electrons. The lowest BCUT2D eigenvalue weighted by atomic mass is 10.1. The van der Waals surface area contributed by atoms with Gasteiger partial charge in [0.05, 0.1) is 0 Å². The smallest absolute Gasteiger partial charge is 0.395 e. The Morgan fingerprint density at radius 2 is 1.85 bits per heavy atom. The summed E-state index contributed by atoms with van der Waals surface area (Å²) in [5.41, 5.74) is 0.960. The molecule has 2 aliphatic rings. The maximum atomic E-state index is 13.0. The van der Waals surface area contributed by atoms with Crippen LogP contribution < -0.4 is 14.8 Å². The summed E-state index contributed by atoms with van der Waals surface area (Å²) in [5.74, 6) is 0.214. The number of hydrogen-bond acceptors (Lipinski definition) is 4. The number of hydrogen-bond donors (Lipinski definition) is 1. The van der Waals surface area contributed by atoms with E-state index in [9.17, 15) is 8.78 Å². The molecule has 1 saturated heterocycles. The van der Waals surface area contributed by atoms with E-state index in [0.717, 1.165) is 31.7 Å². The lowest BCUT2D eigenvalue weighted by molar-refractivity contribution is -0.286. The highest BCUT2D eigenvalue weighted by Gasteiger charge is 2.43. The van der Waals surface area contributed by atoms with Crippen molar-refractivity contribution in [1.29, 1.82) is 0 Å². The van der Waals surface area contributed by atoms with Crippen molar-refractivity contribution in [2.24, 2.45) is 0 Å². The van der Waals surface area contributed by atoms with Gasteiger partial charge < -0.3 is 14.8 Å². The first-order valence-electron chi connectivity index (χ1n) is 6.40. The summed E-state index contributed by atoms with van der Waals surface area (Å²) in [6.07, 6.45) is -3.54. The number of nitrogens with zero attached hydrogens (tertiary/aromatic N) is 1. The fourth-order valence-corrected chi connectivity index (χ4v) is 2.51. The van der Waals surface area contributed by atoms with Crippen molar-refractivity contribution in [3.63, 3.8) is 0 Å². The van der Waals surface area contributed by atoms with Crippen LogP contribution in [-0.2, 0) is 0 Å². The van der Waals surface area contributed by atoms with Crippen LogP contribution in [0.15, 0.2) is 18.2 Å². The Bertz CT molecular complexity index is 481. The highest BCUT2D eigenvalue weighted by molar-refractivity contribution is 5.85. The predicted octanol–water partition coefficient (Wildman–Crippen LogP) is 2.40. The Labute approximate surface area is 122 Å². The summed E-state index contributed by atoms with van der Waals surface area (Å²) >= 11 is 0. The molecule has 20 heavy (non-hydrogen) atoms. The molecule has 1 atom stereocenters. The molecule has 0 spiro atoms. The molecular weight excluding hydrogens is 290 g/mol. The van der Waals surface area contributed by atoms with Crippen LogP contribution in [0.4, 0.5) is 8.78 Å². The summed E-state index contributed by atoms with van der Waals surface area (Å²) in [4.78, 5) is 2.31. The van der Waals surface area contributed by atoms with E-state index < -0.39 is 6.29 Å². The van der Waals surface area contributed by atoms with Gasteiger partial charge in [-0.05, 0) is 24.6 Å². The molecule has 4 nitrogen and oxygen atoms in total. The molecule has 3 rings (SSSR count). The van der Waals surface area contributed by atoms with Crippen LogP contribution in [0.2, 0.25) is 0 Å². The lowest BCUT2D eigenvalue weighted by Gasteiger charge is -2.33. The molecule has 1 aromatic rings. The Morgan fingerprint density at radius 1 is 1.20 bits per heavy atom. The molecule has 2 aliphatic heterocycles. The maximum Gasteiger partial charge on any atom is 0.586 e. The van der Waals surface area contributed by atoms with Gasteiger partial charge in [-0.15, -0.1) is 21.2 Å². The van der Waals surface area contributed by atoms with Gasteiger partial charge >= 0.3 is 6.29 Å². The van der Waals surface area contributed by atoms with Crippen molar-refractivity contribution >= 4 is 12.4 Å². The molecule has 0 aromatic heterocycles. The molecule has 0 unspecified atom stereocenters. The van der Waals surface area contributed by atoms with Crippen LogP contribution in [0.3, 0.4) is 0 Å². The highest BCUT2D eigenvalue weighted by Crippen LogP contribution is 2.42. The van der Waals surface area contributed by atoms with Gasteiger partial charge in [-0.1, -0.05) is 6.07 Å². The number of rotatable bonds is 2. The van der Waals surface area contributed by atoms with E-state index >= 15 is 0 Å². The van der Waals surface area contributed by atoms with E-state index in [4.69, 9.17) is 0 Å². The molecule has 1 fully saturated rings. The molecule has 0 aliphatic carbocycles. The quantitative estimate of drug-likeness (QED) is 0.910. The molecule has 1 N–H and O–H groups in total. The minimum absolute atomic E-state index is 0. The van der Waals surface area contributed by atoms with Gasteiger partial charge in [-0.3, -0.25) is 4.90 Å². The van der Waals surface area contributed by atoms with Crippen molar-refractivity contribution in [1.82, 2.24) is 10.2 Å². The molecule has 0 saturated carbocycles. The standard InChI is InChI=1S/C13H16F2N2O2.ClH/c1-9(17-6-4-16-5-7-17)10-2-3-11-12(8-10)19-13(14,15)18-11;/h2-3,8-9,16H,4-7H2,1H3;1H/t9-;/m0./s1. The molecule has 0 bridgehead atoms. The zero-order valence-corrected chi connectivity index (χ0v) is 11.9. The van der Waals surface area contributed by atoms with Gasteiger partial charge in [-0.25, -0.2) is 0 Å². The monoisotopic (exact) mass is 306 g/mol. The number of benzene rings is 1. The number of ether oxygens (including phenoxy) is 2. The minimum atomic E-state index is -3.54. The van der Waals surface area contributed by atoms with Crippen molar-refractivity contribution in [3.8, 4) is 11.5 Å². The Balaban J connectivity index is 0.00000147. The third-order valence-electron chi connectivity index (χ3n) is 3.61. The van der Waals surface area contributed by atoms with E-state index in [1.807, 2.05) is 6.07 Å². The fourth-order valence-electron chi connectivity index (χ4n) is 2.51. The molecule has 0 amide bonds. The van der Waals surface area contributed by atoms with E-state index in [-0.39, 0.29) is 29.9 Å². The van der Waals surface area contributed by atoms with Gasteiger partial charge in [0.15, 0.2) is 11.5 Å². The first kappa shape index (κ1) is 15.3. The SMILES string of the molecule is C[C@@H](c1ccc2c(c1)OC(F)(F)O2)N1CCNCC1.Cl. The molecular formula is C13H17ClF2N2O2. The summed E-state index contributed by atoms with van der Waals surface area (Å²) < 4.78 is 34.8. The third kappa shape index (κ3) is 2.97. The van der Waals surface area contributed by atoms with E-state index in [1.165, 1.54) is 0 Å². The molecule has 2 heterocycles. The molecule has 7 heteroatoms. The second-order valence-electron chi connectivity index (χ2n) is 4.84. The topological polar surface area (TPSA) is 33.7 Å². The summed E-state index contributed by atoms with van der Waals surface area (Å²) in [7, 11) is 0. The number of nitrogens with one attached hydrogen (secondary N) is 1. The Hall–Kier alpha value is -1.11. The van der Waals surface area contributed by atoms with Crippen molar-refractivity contribution in [2.45, 2.75) is 19.3 Å². The number of alkyl halides is 2. The van der Waals surface area contributed by atoms with Gasteiger partial charge in [-0.2, -0.15) is 0 Å². The molecule has 112 valence electrons. The first-order valence-corrected chi connectivity index (χ1v) is 6.40. The zero-order valence-electron chi connectivity index (χ0n) is 11.1. The van der Waals surface area contributed by atoms with Gasteiger partial charge in [0.25, 0.3) is 0 Å². The fraction of sp³-hybridized carbons (Fsp3) is 0.538. The second kappa shape index (κ2) is 5.71. The molecule has 1 aromatic carbocycles. The van der Waals surface area contributed by atoms with Crippen LogP contribution >= 0.6 is 12.4 Å². The lowest BCUT2D eigenvalue weighted by Crippen LogP contribution is -2.44. The van der Waals surface area contributed by atoms with Crippen LogP contribution in [-0.4, -0.2) is 37.4 Å². The van der Waals surface area contributed by atoms with Gasteiger partial charge in [0.2, 0.25) is 0 Å². The van der Waals surface area contributed by atoms with Crippen LogP contribution in [0, 0.1) is 0 Å². The number of fused-ring (bicyclic) bond motifs is 1. The minimum Gasteiger partial charge on any atom is -0.395 e. The maximum absolute atomic E-state index is 13.0. The Morgan fingerprint density at radius 3 is 2.55 bits per heavy atom. The normalized spacial score (nSPS) is 22.1. The van der Waals surface area contributed by atoms with E-state index in [0.29, 0.717) is 0 Å². The number of halogens is 3. The zero-order chi connectivity index (χ0) is 13.5.